The first-order valence-electron chi connectivity index (χ1n) is 19.7. The summed E-state index contributed by atoms with van der Waals surface area (Å²) in [6.07, 6.45) is 13.9. The molecule has 5 saturated heterocycles. The first-order chi connectivity index (χ1) is 23.3. The molecule has 0 aromatic carbocycles. The Hall–Kier alpha value is -0.640. The number of rotatable bonds is 4. The number of fused-ring (bicyclic) bond motifs is 20. The topological polar surface area (TPSA) is 105 Å². The lowest BCUT2D eigenvalue weighted by Crippen LogP contribution is -2.62. The van der Waals surface area contributed by atoms with Gasteiger partial charge in [0.2, 0.25) is 0 Å². The number of halogens is 4. The molecular formula is C35H58F4N8O. The molecule has 17 atom stereocenters. The Morgan fingerprint density at radius 1 is 0.438 bits per heavy atom. The highest BCUT2D eigenvalue weighted by Crippen LogP contribution is 2.46. The molecule has 13 heteroatoms. The molecule has 5 heterocycles. The second kappa shape index (κ2) is 13.4. The quantitative estimate of drug-likeness (QED) is 0.212. The highest BCUT2D eigenvalue weighted by molar-refractivity contribution is 5.09. The van der Waals surface area contributed by atoms with Crippen molar-refractivity contribution in [1.82, 2.24) is 42.5 Å². The summed E-state index contributed by atoms with van der Waals surface area (Å²) in [6.45, 7) is -1.24. The maximum atomic E-state index is 14.2. The lowest BCUT2D eigenvalue weighted by Gasteiger charge is -2.39. The smallest absolute Gasteiger partial charge is 0.330 e. The maximum Gasteiger partial charge on any atom is 0.330 e. The monoisotopic (exact) mass is 682 g/mol. The van der Waals surface area contributed by atoms with Crippen molar-refractivity contribution in [2.24, 2.45) is 47.3 Å². The van der Waals surface area contributed by atoms with Gasteiger partial charge in [0, 0.05) is 5.92 Å². The molecule has 0 aromatic heterocycles. The van der Waals surface area contributed by atoms with E-state index in [1.54, 1.807) is 0 Å². The Bertz CT molecular complexity index is 1140. The Balaban J connectivity index is 1.04. The minimum absolute atomic E-state index is 0.0320. The predicted octanol–water partition coefficient (Wildman–Crippen LogP) is 3.50. The van der Waals surface area contributed by atoms with E-state index in [1.165, 1.54) is 70.6 Å². The number of hydrogen-bond donors (Lipinski definition) is 8. The fourth-order valence-corrected chi connectivity index (χ4v) is 12.5. The number of hydrogen-bond acceptors (Lipinski definition) is 9. The molecular weight excluding hydrogens is 624 g/mol. The molecule has 9 rings (SSSR count). The molecule has 0 amide bonds. The predicted molar refractivity (Wildman–Crippen MR) is 173 cm³/mol. The molecule has 4 saturated carbocycles. The van der Waals surface area contributed by atoms with Gasteiger partial charge in [-0.25, -0.2) is 8.78 Å². The first-order valence-corrected chi connectivity index (χ1v) is 19.7. The van der Waals surface area contributed by atoms with Crippen LogP contribution >= 0.6 is 0 Å². The van der Waals surface area contributed by atoms with Gasteiger partial charge in [0.25, 0.3) is 0 Å². The van der Waals surface area contributed by atoms with Crippen LogP contribution in [0.1, 0.15) is 96.3 Å². The molecule has 4 aliphatic carbocycles. The summed E-state index contributed by atoms with van der Waals surface area (Å²) >= 11 is 0. The third kappa shape index (κ3) is 5.96. The summed E-state index contributed by atoms with van der Waals surface area (Å²) in [5, 5.41) is 32.4. The van der Waals surface area contributed by atoms with Crippen LogP contribution in [0.3, 0.4) is 0 Å². The second-order valence-electron chi connectivity index (χ2n) is 17.1. The summed E-state index contributed by atoms with van der Waals surface area (Å²) in [5.41, 5.74) is 0. The molecule has 0 aromatic rings. The molecule has 9 fully saturated rings. The zero-order valence-electron chi connectivity index (χ0n) is 28.1. The summed E-state index contributed by atoms with van der Waals surface area (Å²) in [4.78, 5) is 0. The van der Waals surface area contributed by atoms with Gasteiger partial charge >= 0.3 is 12.3 Å². The Labute approximate surface area is 282 Å². The van der Waals surface area contributed by atoms with E-state index in [0.29, 0.717) is 41.9 Å². The highest BCUT2D eigenvalue weighted by atomic mass is 19.3. The van der Waals surface area contributed by atoms with Gasteiger partial charge in [-0.05, 0) is 92.8 Å². The molecule has 48 heavy (non-hydrogen) atoms. The van der Waals surface area contributed by atoms with E-state index in [0.717, 1.165) is 19.3 Å². The van der Waals surface area contributed by atoms with E-state index in [2.05, 4.69) is 42.5 Å². The molecule has 8 bridgehead atoms. The average Bonchev–Trinajstić information content (AvgIpc) is 3.83. The van der Waals surface area contributed by atoms with Gasteiger partial charge in [-0.2, -0.15) is 8.78 Å². The summed E-state index contributed by atoms with van der Waals surface area (Å²) in [7, 11) is 0. The van der Waals surface area contributed by atoms with Gasteiger partial charge in [0.1, 0.15) is 6.61 Å². The van der Waals surface area contributed by atoms with E-state index >= 15 is 0 Å². The lowest BCUT2D eigenvalue weighted by atomic mass is 9.75. The van der Waals surface area contributed by atoms with Crippen molar-refractivity contribution in [1.29, 1.82) is 0 Å². The van der Waals surface area contributed by atoms with Gasteiger partial charge in [-0.3, -0.25) is 42.5 Å². The Morgan fingerprint density at radius 2 is 0.750 bits per heavy atom. The van der Waals surface area contributed by atoms with Crippen molar-refractivity contribution in [3.63, 3.8) is 0 Å². The van der Waals surface area contributed by atoms with E-state index in [1.807, 2.05) is 0 Å². The third-order valence-electron chi connectivity index (χ3n) is 14.6. The Morgan fingerprint density at radius 3 is 1.10 bits per heavy atom. The van der Waals surface area contributed by atoms with Crippen molar-refractivity contribution >= 4 is 0 Å². The maximum absolute atomic E-state index is 14.2. The molecule has 5 aliphatic heterocycles. The van der Waals surface area contributed by atoms with Gasteiger partial charge in [-0.1, -0.05) is 44.9 Å². The zero-order valence-corrected chi connectivity index (χ0v) is 28.1. The second-order valence-corrected chi connectivity index (χ2v) is 17.1. The van der Waals surface area contributed by atoms with Crippen molar-refractivity contribution in [3.05, 3.63) is 0 Å². The number of alkyl halides is 4. The largest absolute Gasteiger partial charge is 0.371 e. The van der Waals surface area contributed by atoms with Crippen LogP contribution in [0.25, 0.3) is 0 Å². The summed E-state index contributed by atoms with van der Waals surface area (Å²) in [6, 6.07) is 0. The van der Waals surface area contributed by atoms with Crippen LogP contribution in [0.15, 0.2) is 0 Å². The van der Waals surface area contributed by atoms with Crippen LogP contribution in [-0.4, -0.2) is 74.4 Å². The van der Waals surface area contributed by atoms with Crippen LogP contribution in [0.5, 0.6) is 0 Å². The molecule has 9 nitrogen and oxygen atoms in total. The summed E-state index contributed by atoms with van der Waals surface area (Å²) in [5.74, 6) is -0.850. The van der Waals surface area contributed by atoms with Crippen LogP contribution in [0, 0.1) is 47.3 Å². The molecule has 9 aliphatic rings. The fraction of sp³-hybridized carbons (Fsp3) is 1.00. The SMILES string of the molecule is FC(F)C(F)(F)COC1CCCC2C3NC4NC(NC5NC(NC6NC(NC(N3)C12)C1CCCCC61)C1CCCCC51)C1CCCCC41. The number of nitrogens with one attached hydrogen (secondary N) is 8. The molecule has 272 valence electrons. The van der Waals surface area contributed by atoms with Gasteiger partial charge in [0.05, 0.1) is 55.4 Å². The normalized spacial score (nSPS) is 52.1. The van der Waals surface area contributed by atoms with Gasteiger partial charge < -0.3 is 4.74 Å². The minimum atomic E-state index is -4.15. The minimum Gasteiger partial charge on any atom is -0.371 e. The van der Waals surface area contributed by atoms with Crippen molar-refractivity contribution in [2.45, 2.75) is 164 Å². The molecule has 8 N–H and O–H groups in total. The van der Waals surface area contributed by atoms with Crippen molar-refractivity contribution in [3.8, 4) is 0 Å². The van der Waals surface area contributed by atoms with Gasteiger partial charge in [-0.15, -0.1) is 0 Å². The first kappa shape index (κ1) is 33.2. The van der Waals surface area contributed by atoms with Crippen LogP contribution in [0.4, 0.5) is 17.6 Å². The lowest BCUT2D eigenvalue weighted by molar-refractivity contribution is -0.186. The van der Waals surface area contributed by atoms with Crippen molar-refractivity contribution < 1.29 is 22.3 Å². The van der Waals surface area contributed by atoms with E-state index in [9.17, 15) is 17.6 Å². The van der Waals surface area contributed by atoms with Gasteiger partial charge in [0.15, 0.2) is 0 Å². The molecule has 0 spiro atoms. The summed E-state index contributed by atoms with van der Waals surface area (Å²) < 4.78 is 60.5. The van der Waals surface area contributed by atoms with E-state index < -0.39 is 25.1 Å². The van der Waals surface area contributed by atoms with Crippen LogP contribution in [-0.2, 0) is 4.74 Å². The van der Waals surface area contributed by atoms with E-state index in [4.69, 9.17) is 4.74 Å². The van der Waals surface area contributed by atoms with Crippen LogP contribution in [0.2, 0.25) is 0 Å². The third-order valence-corrected chi connectivity index (χ3v) is 14.6. The number of ether oxygens (including phenoxy) is 1. The zero-order chi connectivity index (χ0) is 32.6. The Kier molecular flexibility index (Phi) is 9.27. The standard InChI is InChI=1S/C35H58F4N8O/c36-34(37)35(38,39)16-48-24-15-7-14-23-25(24)33-46-31-22-13-6-5-12-21(22)29(44-31)42-27-18-9-2-1-8-17(18)26(40-27)41-28-19-10-3-4-11-20(19)30(43-28)45-32(23)47-33/h17-34,40-47H,1-16H2. The highest BCUT2D eigenvalue weighted by Gasteiger charge is 2.56. The fourth-order valence-electron chi connectivity index (χ4n) is 12.5. The van der Waals surface area contributed by atoms with Crippen LogP contribution < -0.4 is 42.5 Å². The van der Waals surface area contributed by atoms with Crippen molar-refractivity contribution in [2.75, 3.05) is 6.61 Å². The van der Waals surface area contributed by atoms with E-state index in [-0.39, 0.29) is 61.2 Å². The average molecular weight is 683 g/mol. The molecule has 17 unspecified atom stereocenters. The molecule has 0 radical (unpaired) electrons.